The summed E-state index contributed by atoms with van der Waals surface area (Å²) in [6.07, 6.45) is 1.58. The van der Waals surface area contributed by atoms with Crippen LogP contribution in [0.15, 0.2) is 6.20 Å². The summed E-state index contributed by atoms with van der Waals surface area (Å²) in [4.78, 5) is 4.02. The molecule has 0 spiro atoms. The number of rotatable bonds is 3. The van der Waals surface area contributed by atoms with Crippen molar-refractivity contribution in [3.05, 3.63) is 15.5 Å². The molecule has 0 saturated heterocycles. The number of aromatic nitrogens is 1. The van der Waals surface area contributed by atoms with Crippen LogP contribution in [-0.4, -0.2) is 23.7 Å². The lowest BCUT2D eigenvalue weighted by Gasteiger charge is -2.07. The molecule has 0 amide bonds. The van der Waals surface area contributed by atoms with E-state index in [0.29, 0.717) is 4.34 Å². The van der Waals surface area contributed by atoms with Crippen LogP contribution in [0.2, 0.25) is 4.34 Å². The SMILES string of the molecule is CNC(CO)c1ncc(Cl)s1. The fourth-order valence-corrected chi connectivity index (χ4v) is 1.75. The van der Waals surface area contributed by atoms with Gasteiger partial charge in [0, 0.05) is 0 Å². The molecule has 2 N–H and O–H groups in total. The van der Waals surface area contributed by atoms with Crippen LogP contribution in [0, 0.1) is 0 Å². The Morgan fingerprint density at radius 2 is 2.64 bits per heavy atom. The van der Waals surface area contributed by atoms with E-state index in [1.165, 1.54) is 11.3 Å². The molecule has 11 heavy (non-hydrogen) atoms. The average molecular weight is 193 g/mol. The third-order valence-electron chi connectivity index (χ3n) is 1.32. The maximum atomic E-state index is 8.85. The minimum atomic E-state index is -0.0903. The Kier molecular flexibility index (Phi) is 3.26. The van der Waals surface area contributed by atoms with E-state index in [1.807, 2.05) is 0 Å². The second-order valence-corrected chi connectivity index (χ2v) is 3.72. The summed E-state index contributed by atoms with van der Waals surface area (Å²) in [5.41, 5.74) is 0. The molecule has 1 aromatic heterocycles. The highest BCUT2D eigenvalue weighted by Gasteiger charge is 2.10. The number of halogens is 1. The summed E-state index contributed by atoms with van der Waals surface area (Å²) < 4.78 is 0.647. The zero-order chi connectivity index (χ0) is 8.27. The third kappa shape index (κ3) is 2.13. The first kappa shape index (κ1) is 8.93. The molecule has 0 aliphatic rings. The van der Waals surface area contributed by atoms with Crippen LogP contribution in [-0.2, 0) is 0 Å². The second kappa shape index (κ2) is 4.01. The summed E-state index contributed by atoms with van der Waals surface area (Å²) in [6.45, 7) is 0.0420. The van der Waals surface area contributed by atoms with Crippen molar-refractivity contribution in [2.24, 2.45) is 0 Å². The van der Waals surface area contributed by atoms with E-state index in [9.17, 15) is 0 Å². The molecule has 3 nitrogen and oxygen atoms in total. The van der Waals surface area contributed by atoms with Crippen LogP contribution in [0.1, 0.15) is 11.0 Å². The molecule has 1 atom stereocenters. The quantitative estimate of drug-likeness (QED) is 0.753. The molecule has 1 unspecified atom stereocenters. The van der Waals surface area contributed by atoms with Gasteiger partial charge in [-0.15, -0.1) is 11.3 Å². The smallest absolute Gasteiger partial charge is 0.113 e. The molecular formula is C6H9ClN2OS. The summed E-state index contributed by atoms with van der Waals surface area (Å²) in [5, 5.41) is 12.6. The van der Waals surface area contributed by atoms with Crippen molar-refractivity contribution >= 4 is 22.9 Å². The van der Waals surface area contributed by atoms with Gasteiger partial charge < -0.3 is 10.4 Å². The third-order valence-corrected chi connectivity index (χ3v) is 2.55. The van der Waals surface area contributed by atoms with Crippen LogP contribution in [0.5, 0.6) is 0 Å². The van der Waals surface area contributed by atoms with Gasteiger partial charge in [-0.1, -0.05) is 11.6 Å². The first-order chi connectivity index (χ1) is 5.27. The van der Waals surface area contributed by atoms with Crippen LogP contribution >= 0.6 is 22.9 Å². The number of aliphatic hydroxyl groups excluding tert-OH is 1. The summed E-state index contributed by atoms with van der Waals surface area (Å²) in [7, 11) is 1.77. The fraction of sp³-hybridized carbons (Fsp3) is 0.500. The highest BCUT2D eigenvalue weighted by Crippen LogP contribution is 2.23. The summed E-state index contributed by atoms with van der Waals surface area (Å²) in [5.74, 6) is 0. The van der Waals surface area contributed by atoms with Crippen LogP contribution in [0.4, 0.5) is 0 Å². The first-order valence-corrected chi connectivity index (χ1v) is 4.36. The normalized spacial score (nSPS) is 13.4. The van der Waals surface area contributed by atoms with E-state index in [-0.39, 0.29) is 12.6 Å². The van der Waals surface area contributed by atoms with Gasteiger partial charge in [-0.25, -0.2) is 4.98 Å². The maximum absolute atomic E-state index is 8.85. The highest BCUT2D eigenvalue weighted by molar-refractivity contribution is 7.15. The number of nitrogens with zero attached hydrogens (tertiary/aromatic N) is 1. The first-order valence-electron chi connectivity index (χ1n) is 3.17. The Hall–Kier alpha value is -0.160. The van der Waals surface area contributed by atoms with Crippen molar-refractivity contribution in [3.8, 4) is 0 Å². The van der Waals surface area contributed by atoms with Crippen molar-refractivity contribution in [3.63, 3.8) is 0 Å². The molecule has 0 aliphatic carbocycles. The maximum Gasteiger partial charge on any atom is 0.113 e. The van der Waals surface area contributed by atoms with Gasteiger partial charge in [0.05, 0.1) is 18.8 Å². The molecule has 0 fully saturated rings. The van der Waals surface area contributed by atoms with Crippen molar-refractivity contribution in [1.29, 1.82) is 0 Å². The fourth-order valence-electron chi connectivity index (χ4n) is 0.721. The van der Waals surface area contributed by atoms with E-state index in [4.69, 9.17) is 16.7 Å². The minimum Gasteiger partial charge on any atom is -0.394 e. The molecular weight excluding hydrogens is 184 g/mol. The van der Waals surface area contributed by atoms with Crippen molar-refractivity contribution in [2.75, 3.05) is 13.7 Å². The number of nitrogens with one attached hydrogen (secondary N) is 1. The standard InChI is InChI=1S/C6H9ClN2OS/c1-8-4(3-10)6-9-2-5(7)11-6/h2,4,8,10H,3H2,1H3. The Balaban J connectivity index is 2.73. The number of hydrogen-bond donors (Lipinski definition) is 2. The molecule has 0 saturated carbocycles. The van der Waals surface area contributed by atoms with Gasteiger partial charge in [0.15, 0.2) is 0 Å². The van der Waals surface area contributed by atoms with Crippen molar-refractivity contribution < 1.29 is 5.11 Å². The zero-order valence-electron chi connectivity index (χ0n) is 6.04. The van der Waals surface area contributed by atoms with Gasteiger partial charge in [0.2, 0.25) is 0 Å². The molecule has 1 heterocycles. The van der Waals surface area contributed by atoms with E-state index in [2.05, 4.69) is 10.3 Å². The van der Waals surface area contributed by atoms with Crippen molar-refractivity contribution in [1.82, 2.24) is 10.3 Å². The molecule has 0 radical (unpaired) electrons. The van der Waals surface area contributed by atoms with Crippen LogP contribution in [0.25, 0.3) is 0 Å². The lowest BCUT2D eigenvalue weighted by atomic mass is 10.3. The number of thiazole rings is 1. The predicted molar refractivity (Wildman–Crippen MR) is 46.0 cm³/mol. The van der Waals surface area contributed by atoms with Gasteiger partial charge >= 0.3 is 0 Å². The molecule has 1 rings (SSSR count). The molecule has 62 valence electrons. The van der Waals surface area contributed by atoms with Crippen LogP contribution < -0.4 is 5.32 Å². The Morgan fingerprint density at radius 3 is 3.00 bits per heavy atom. The van der Waals surface area contributed by atoms with E-state index in [0.717, 1.165) is 5.01 Å². The Bertz CT molecular complexity index is 224. The van der Waals surface area contributed by atoms with Gasteiger partial charge in [-0.05, 0) is 7.05 Å². The topological polar surface area (TPSA) is 45.1 Å². The van der Waals surface area contributed by atoms with E-state index < -0.39 is 0 Å². The Morgan fingerprint density at radius 1 is 1.91 bits per heavy atom. The number of aliphatic hydroxyl groups is 1. The monoisotopic (exact) mass is 192 g/mol. The van der Waals surface area contributed by atoms with E-state index >= 15 is 0 Å². The lowest BCUT2D eigenvalue weighted by Crippen LogP contribution is -2.19. The summed E-state index contributed by atoms with van der Waals surface area (Å²) in [6, 6.07) is -0.0903. The number of likely N-dealkylation sites (N-methyl/N-ethyl adjacent to an activating group) is 1. The molecule has 0 aromatic carbocycles. The minimum absolute atomic E-state index is 0.0420. The van der Waals surface area contributed by atoms with E-state index in [1.54, 1.807) is 13.2 Å². The largest absolute Gasteiger partial charge is 0.394 e. The molecule has 0 aliphatic heterocycles. The Labute approximate surface area is 74.0 Å². The molecule has 1 aromatic rings. The van der Waals surface area contributed by atoms with Gasteiger partial charge in [0.25, 0.3) is 0 Å². The number of hydrogen-bond acceptors (Lipinski definition) is 4. The van der Waals surface area contributed by atoms with Gasteiger partial charge in [-0.3, -0.25) is 0 Å². The van der Waals surface area contributed by atoms with Gasteiger partial charge in [0.1, 0.15) is 9.34 Å². The van der Waals surface area contributed by atoms with Crippen LogP contribution in [0.3, 0.4) is 0 Å². The lowest BCUT2D eigenvalue weighted by molar-refractivity contribution is 0.250. The molecule has 0 bridgehead atoms. The predicted octanol–water partition coefficient (Wildman–Crippen LogP) is 1.05. The summed E-state index contributed by atoms with van der Waals surface area (Å²) >= 11 is 7.04. The van der Waals surface area contributed by atoms with Gasteiger partial charge in [-0.2, -0.15) is 0 Å². The zero-order valence-corrected chi connectivity index (χ0v) is 7.61. The molecule has 5 heteroatoms. The second-order valence-electron chi connectivity index (χ2n) is 2.03. The van der Waals surface area contributed by atoms with Crippen molar-refractivity contribution in [2.45, 2.75) is 6.04 Å². The average Bonchev–Trinajstić information content (AvgIpc) is 2.39. The highest BCUT2D eigenvalue weighted by atomic mass is 35.5.